The van der Waals surface area contributed by atoms with Crippen LogP contribution in [0.2, 0.25) is 0 Å². The van der Waals surface area contributed by atoms with Gasteiger partial charge in [0.15, 0.2) is 0 Å². The quantitative estimate of drug-likeness (QED) is 0.622. The smallest absolute Gasteiger partial charge is 0.241 e. The second-order valence-electron chi connectivity index (χ2n) is 5.45. The number of nitrogens with one attached hydrogen (secondary N) is 1. The molecule has 1 fully saturated rings. The largest absolute Gasteiger partial charge is 0.366 e. The molecule has 0 bridgehead atoms. The predicted molar refractivity (Wildman–Crippen MR) is 57.8 cm³/mol. The predicted octanol–water partition coefficient (Wildman–Crippen LogP) is 1.34. The van der Waals surface area contributed by atoms with Gasteiger partial charge in [-0.3, -0.25) is 4.79 Å². The molecule has 0 aromatic carbocycles. The molecule has 3 nitrogen and oxygen atoms in total. The van der Waals surface area contributed by atoms with Gasteiger partial charge in [-0.1, -0.05) is 5.57 Å². The molecule has 0 atom stereocenters. The SMILES string of the molecule is CC1(C)CC(=CC(N)=O)CC(C)(C)N1. The molecule has 3 heteroatoms. The van der Waals surface area contributed by atoms with Crippen molar-refractivity contribution in [3.8, 4) is 0 Å². The topological polar surface area (TPSA) is 55.1 Å². The van der Waals surface area contributed by atoms with Crippen LogP contribution in [0.15, 0.2) is 11.6 Å². The summed E-state index contributed by atoms with van der Waals surface area (Å²) >= 11 is 0. The maximum absolute atomic E-state index is 10.8. The van der Waals surface area contributed by atoms with Crippen molar-refractivity contribution in [1.82, 2.24) is 5.32 Å². The second kappa shape index (κ2) is 3.39. The van der Waals surface area contributed by atoms with Gasteiger partial charge in [0.05, 0.1) is 0 Å². The zero-order chi connectivity index (χ0) is 11.0. The zero-order valence-electron chi connectivity index (χ0n) is 9.48. The molecular weight excluding hydrogens is 176 g/mol. The van der Waals surface area contributed by atoms with Gasteiger partial charge in [-0.25, -0.2) is 0 Å². The summed E-state index contributed by atoms with van der Waals surface area (Å²) in [4.78, 5) is 10.8. The number of amides is 1. The third-order valence-corrected chi connectivity index (χ3v) is 2.36. The Hall–Kier alpha value is -0.830. The lowest BCUT2D eigenvalue weighted by Crippen LogP contribution is -2.56. The number of carbonyl (C=O) groups is 1. The van der Waals surface area contributed by atoms with Crippen LogP contribution in [-0.4, -0.2) is 17.0 Å². The minimum atomic E-state index is -0.339. The molecule has 1 aliphatic heterocycles. The summed E-state index contributed by atoms with van der Waals surface area (Å²) in [6.07, 6.45) is 3.35. The summed E-state index contributed by atoms with van der Waals surface area (Å²) in [5.41, 5.74) is 6.40. The van der Waals surface area contributed by atoms with Gasteiger partial charge in [0.25, 0.3) is 0 Å². The van der Waals surface area contributed by atoms with Crippen LogP contribution in [0.4, 0.5) is 0 Å². The van der Waals surface area contributed by atoms with Crippen molar-refractivity contribution >= 4 is 5.91 Å². The molecule has 0 spiro atoms. The van der Waals surface area contributed by atoms with Crippen LogP contribution in [0.1, 0.15) is 40.5 Å². The first-order valence-corrected chi connectivity index (χ1v) is 4.98. The lowest BCUT2D eigenvalue weighted by Gasteiger charge is -2.43. The molecule has 80 valence electrons. The molecule has 0 unspecified atom stereocenters. The normalized spacial score (nSPS) is 24.4. The summed E-state index contributed by atoms with van der Waals surface area (Å²) in [5.74, 6) is -0.339. The fraction of sp³-hybridized carbons (Fsp3) is 0.727. The van der Waals surface area contributed by atoms with Crippen molar-refractivity contribution < 1.29 is 4.79 Å². The molecule has 0 aliphatic carbocycles. The van der Waals surface area contributed by atoms with E-state index in [0.29, 0.717) is 0 Å². The average Bonchev–Trinajstić information content (AvgIpc) is 1.74. The van der Waals surface area contributed by atoms with Crippen LogP contribution < -0.4 is 11.1 Å². The van der Waals surface area contributed by atoms with E-state index in [9.17, 15) is 4.79 Å². The molecule has 0 aromatic rings. The highest BCUT2D eigenvalue weighted by Gasteiger charge is 2.34. The monoisotopic (exact) mass is 196 g/mol. The highest BCUT2D eigenvalue weighted by molar-refractivity contribution is 5.86. The zero-order valence-corrected chi connectivity index (χ0v) is 9.48. The van der Waals surface area contributed by atoms with Crippen LogP contribution in [0.25, 0.3) is 0 Å². The van der Waals surface area contributed by atoms with Crippen LogP contribution in [0, 0.1) is 0 Å². The van der Waals surface area contributed by atoms with Gasteiger partial charge in [-0.2, -0.15) is 0 Å². The minimum Gasteiger partial charge on any atom is -0.366 e. The Labute approximate surface area is 85.7 Å². The van der Waals surface area contributed by atoms with Gasteiger partial charge < -0.3 is 11.1 Å². The Bertz CT molecular complexity index is 259. The van der Waals surface area contributed by atoms with Gasteiger partial charge in [-0.05, 0) is 40.5 Å². The molecule has 1 aliphatic rings. The van der Waals surface area contributed by atoms with E-state index in [-0.39, 0.29) is 17.0 Å². The van der Waals surface area contributed by atoms with E-state index in [1.165, 1.54) is 0 Å². The Morgan fingerprint density at radius 1 is 1.29 bits per heavy atom. The second-order valence-corrected chi connectivity index (χ2v) is 5.45. The van der Waals surface area contributed by atoms with Gasteiger partial charge >= 0.3 is 0 Å². The molecular formula is C11H20N2O. The van der Waals surface area contributed by atoms with Gasteiger partial charge in [-0.15, -0.1) is 0 Å². The number of rotatable bonds is 1. The fourth-order valence-electron chi connectivity index (χ4n) is 2.51. The number of nitrogens with two attached hydrogens (primary N) is 1. The highest BCUT2D eigenvalue weighted by atomic mass is 16.1. The van der Waals surface area contributed by atoms with E-state index in [2.05, 4.69) is 33.0 Å². The minimum absolute atomic E-state index is 0.0447. The molecule has 0 radical (unpaired) electrons. The van der Waals surface area contributed by atoms with Crippen molar-refractivity contribution in [2.45, 2.75) is 51.6 Å². The molecule has 1 heterocycles. The molecule has 0 saturated carbocycles. The summed E-state index contributed by atoms with van der Waals surface area (Å²) in [7, 11) is 0. The lowest BCUT2D eigenvalue weighted by atomic mass is 9.79. The third kappa shape index (κ3) is 3.14. The van der Waals surface area contributed by atoms with E-state index in [0.717, 1.165) is 18.4 Å². The number of carbonyl (C=O) groups excluding carboxylic acids is 1. The Kier molecular flexibility index (Phi) is 2.72. The summed E-state index contributed by atoms with van der Waals surface area (Å²) < 4.78 is 0. The average molecular weight is 196 g/mol. The molecule has 1 saturated heterocycles. The maximum Gasteiger partial charge on any atom is 0.241 e. The van der Waals surface area contributed by atoms with Crippen molar-refractivity contribution in [2.75, 3.05) is 0 Å². The van der Waals surface area contributed by atoms with E-state index >= 15 is 0 Å². The lowest BCUT2D eigenvalue weighted by molar-refractivity contribution is -0.113. The Morgan fingerprint density at radius 3 is 2.07 bits per heavy atom. The Balaban J connectivity index is 2.87. The first kappa shape index (κ1) is 11.2. The standard InChI is InChI=1S/C11H20N2O/c1-10(2)6-8(5-9(12)14)7-11(3,4)13-10/h5,13H,6-7H2,1-4H3,(H2,12,14). The molecule has 3 N–H and O–H groups in total. The maximum atomic E-state index is 10.8. The summed E-state index contributed by atoms with van der Waals surface area (Å²) in [6.45, 7) is 8.57. The van der Waals surface area contributed by atoms with Crippen LogP contribution in [0.5, 0.6) is 0 Å². The van der Waals surface area contributed by atoms with Gasteiger partial charge in [0.2, 0.25) is 5.91 Å². The third-order valence-electron chi connectivity index (χ3n) is 2.36. The molecule has 1 amide bonds. The number of hydrogen-bond acceptors (Lipinski definition) is 2. The van der Waals surface area contributed by atoms with Gasteiger partial charge in [0.1, 0.15) is 0 Å². The van der Waals surface area contributed by atoms with Crippen molar-refractivity contribution in [3.05, 3.63) is 11.6 Å². The van der Waals surface area contributed by atoms with Crippen molar-refractivity contribution in [3.63, 3.8) is 0 Å². The highest BCUT2D eigenvalue weighted by Crippen LogP contribution is 2.31. The molecule has 14 heavy (non-hydrogen) atoms. The number of primary amides is 1. The Morgan fingerprint density at radius 2 is 1.71 bits per heavy atom. The van der Waals surface area contributed by atoms with E-state index in [1.54, 1.807) is 6.08 Å². The summed E-state index contributed by atoms with van der Waals surface area (Å²) in [6, 6.07) is 0. The number of piperidine rings is 1. The van der Waals surface area contributed by atoms with Crippen LogP contribution in [-0.2, 0) is 4.79 Å². The van der Waals surface area contributed by atoms with Crippen LogP contribution in [0.3, 0.4) is 0 Å². The van der Waals surface area contributed by atoms with E-state index < -0.39 is 0 Å². The summed E-state index contributed by atoms with van der Waals surface area (Å²) in [5, 5.41) is 3.54. The van der Waals surface area contributed by atoms with Crippen LogP contribution >= 0.6 is 0 Å². The van der Waals surface area contributed by atoms with Crippen molar-refractivity contribution in [1.29, 1.82) is 0 Å². The molecule has 0 aromatic heterocycles. The van der Waals surface area contributed by atoms with E-state index in [1.807, 2.05) is 0 Å². The molecule has 1 rings (SSSR count). The number of hydrogen-bond donors (Lipinski definition) is 2. The van der Waals surface area contributed by atoms with E-state index in [4.69, 9.17) is 5.73 Å². The first-order valence-electron chi connectivity index (χ1n) is 4.98. The van der Waals surface area contributed by atoms with Crippen molar-refractivity contribution in [2.24, 2.45) is 5.73 Å². The fourth-order valence-corrected chi connectivity index (χ4v) is 2.51. The van der Waals surface area contributed by atoms with Gasteiger partial charge in [0, 0.05) is 17.2 Å². The first-order chi connectivity index (χ1) is 6.20.